The highest BCUT2D eigenvalue weighted by Crippen LogP contribution is 2.26. The van der Waals surface area contributed by atoms with E-state index in [9.17, 15) is 5.11 Å². The summed E-state index contributed by atoms with van der Waals surface area (Å²) in [5, 5.41) is 12.9. The van der Waals surface area contributed by atoms with Crippen molar-refractivity contribution >= 4 is 5.82 Å². The molecule has 0 spiro atoms. The number of nitrogens with one attached hydrogen (secondary N) is 1. The van der Waals surface area contributed by atoms with Crippen LogP contribution in [0.5, 0.6) is 5.75 Å². The average molecular weight is 207 g/mol. The second-order valence-corrected chi connectivity index (χ2v) is 3.90. The minimum absolute atomic E-state index is 0.278. The molecular weight excluding hydrogens is 190 g/mol. The normalized spacial score (nSPS) is 18.1. The van der Waals surface area contributed by atoms with Crippen LogP contribution in [-0.2, 0) is 0 Å². The number of pyridine rings is 1. The molecule has 4 nitrogen and oxygen atoms in total. The van der Waals surface area contributed by atoms with Gasteiger partial charge in [0.25, 0.3) is 0 Å². The fraction of sp³-hybridized carbons (Fsp3) is 0.545. The number of anilines is 1. The van der Waals surface area contributed by atoms with Gasteiger partial charge in [0.05, 0.1) is 0 Å². The van der Waals surface area contributed by atoms with Crippen LogP contribution < -0.4 is 10.2 Å². The largest absolute Gasteiger partial charge is 0.504 e. The molecule has 0 saturated carbocycles. The molecule has 15 heavy (non-hydrogen) atoms. The Labute approximate surface area is 89.9 Å². The second-order valence-electron chi connectivity index (χ2n) is 3.90. The van der Waals surface area contributed by atoms with Crippen LogP contribution in [0.25, 0.3) is 0 Å². The summed E-state index contributed by atoms with van der Waals surface area (Å²) < 4.78 is 0. The highest BCUT2D eigenvalue weighted by molar-refractivity contribution is 5.51. The maximum atomic E-state index is 9.67. The fourth-order valence-electron chi connectivity index (χ4n) is 2.01. The molecule has 1 aliphatic heterocycles. The molecule has 1 saturated heterocycles. The maximum absolute atomic E-state index is 9.67. The highest BCUT2D eigenvalue weighted by atomic mass is 16.3. The van der Waals surface area contributed by atoms with E-state index in [2.05, 4.69) is 15.2 Å². The van der Waals surface area contributed by atoms with Crippen LogP contribution in [0.15, 0.2) is 18.3 Å². The van der Waals surface area contributed by atoms with Gasteiger partial charge < -0.3 is 15.3 Å². The molecule has 1 aliphatic rings. The Hall–Kier alpha value is -1.29. The minimum atomic E-state index is 0.278. The molecule has 2 N–H and O–H groups in total. The van der Waals surface area contributed by atoms with Crippen LogP contribution in [0.3, 0.4) is 0 Å². The number of aromatic hydroxyl groups is 1. The standard InChI is InChI=1S/C11H17N3O/c1-12-9-4-7-14(8-5-9)11-10(15)3-2-6-13-11/h2-3,6,9,12,15H,4-5,7-8H2,1H3. The van der Waals surface area contributed by atoms with Crippen molar-refractivity contribution in [2.24, 2.45) is 0 Å². The van der Waals surface area contributed by atoms with E-state index in [-0.39, 0.29) is 5.75 Å². The van der Waals surface area contributed by atoms with E-state index in [1.807, 2.05) is 7.05 Å². The minimum Gasteiger partial charge on any atom is -0.504 e. The van der Waals surface area contributed by atoms with E-state index >= 15 is 0 Å². The van der Waals surface area contributed by atoms with Gasteiger partial charge in [-0.05, 0) is 32.0 Å². The Morgan fingerprint density at radius 1 is 1.47 bits per heavy atom. The summed E-state index contributed by atoms with van der Waals surface area (Å²) in [5.74, 6) is 0.993. The predicted molar refractivity (Wildman–Crippen MR) is 60.2 cm³/mol. The number of nitrogens with zero attached hydrogens (tertiary/aromatic N) is 2. The lowest BCUT2D eigenvalue weighted by Crippen LogP contribution is -2.41. The van der Waals surface area contributed by atoms with E-state index in [0.717, 1.165) is 25.9 Å². The number of rotatable bonds is 2. The Morgan fingerprint density at radius 2 is 2.20 bits per heavy atom. The quantitative estimate of drug-likeness (QED) is 0.759. The van der Waals surface area contributed by atoms with Crippen molar-refractivity contribution in [3.63, 3.8) is 0 Å². The first-order valence-corrected chi connectivity index (χ1v) is 5.37. The van der Waals surface area contributed by atoms with Crippen LogP contribution in [-0.4, -0.2) is 36.3 Å². The van der Waals surface area contributed by atoms with Crippen molar-refractivity contribution in [3.05, 3.63) is 18.3 Å². The van der Waals surface area contributed by atoms with Crippen LogP contribution in [0.1, 0.15) is 12.8 Å². The molecular formula is C11H17N3O. The zero-order valence-electron chi connectivity index (χ0n) is 8.98. The third-order valence-corrected chi connectivity index (χ3v) is 2.97. The van der Waals surface area contributed by atoms with Gasteiger partial charge in [0.15, 0.2) is 11.6 Å². The lowest BCUT2D eigenvalue weighted by Gasteiger charge is -2.32. The molecule has 2 rings (SSSR count). The van der Waals surface area contributed by atoms with Gasteiger partial charge in [0, 0.05) is 25.3 Å². The summed E-state index contributed by atoms with van der Waals surface area (Å²) in [6, 6.07) is 4.04. The second kappa shape index (κ2) is 4.49. The van der Waals surface area contributed by atoms with Crippen LogP contribution in [0.2, 0.25) is 0 Å². The van der Waals surface area contributed by atoms with E-state index in [4.69, 9.17) is 0 Å². The van der Waals surface area contributed by atoms with Gasteiger partial charge in [0.2, 0.25) is 0 Å². The van der Waals surface area contributed by atoms with Crippen molar-refractivity contribution in [2.45, 2.75) is 18.9 Å². The van der Waals surface area contributed by atoms with E-state index in [1.54, 1.807) is 18.3 Å². The first-order valence-electron chi connectivity index (χ1n) is 5.37. The maximum Gasteiger partial charge on any atom is 0.171 e. The van der Waals surface area contributed by atoms with E-state index < -0.39 is 0 Å². The molecule has 4 heteroatoms. The number of aromatic nitrogens is 1. The van der Waals surface area contributed by atoms with Crippen molar-refractivity contribution in [2.75, 3.05) is 25.0 Å². The molecule has 2 heterocycles. The van der Waals surface area contributed by atoms with E-state index in [1.165, 1.54) is 0 Å². The molecule has 0 bridgehead atoms. The summed E-state index contributed by atoms with van der Waals surface area (Å²) in [6.45, 7) is 1.91. The predicted octanol–water partition coefficient (Wildman–Crippen LogP) is 0.975. The first kappa shape index (κ1) is 10.2. The van der Waals surface area contributed by atoms with Crippen LogP contribution in [0.4, 0.5) is 5.82 Å². The molecule has 0 amide bonds. The first-order chi connectivity index (χ1) is 7.31. The lowest BCUT2D eigenvalue weighted by atomic mass is 10.1. The Balaban J connectivity index is 2.04. The third kappa shape index (κ3) is 2.21. The molecule has 0 radical (unpaired) electrons. The van der Waals surface area contributed by atoms with Crippen molar-refractivity contribution < 1.29 is 5.11 Å². The average Bonchev–Trinajstić information content (AvgIpc) is 2.30. The zero-order valence-corrected chi connectivity index (χ0v) is 8.98. The van der Waals surface area contributed by atoms with Gasteiger partial charge in [-0.15, -0.1) is 0 Å². The topological polar surface area (TPSA) is 48.4 Å². The molecule has 1 aromatic rings. The van der Waals surface area contributed by atoms with Gasteiger partial charge >= 0.3 is 0 Å². The SMILES string of the molecule is CNC1CCN(c2ncccc2O)CC1. The summed E-state index contributed by atoms with van der Waals surface area (Å²) in [4.78, 5) is 6.35. The molecule has 0 unspecified atom stereocenters. The number of hydrogen-bond acceptors (Lipinski definition) is 4. The highest BCUT2D eigenvalue weighted by Gasteiger charge is 2.20. The summed E-state index contributed by atoms with van der Waals surface area (Å²) in [7, 11) is 2.00. The summed E-state index contributed by atoms with van der Waals surface area (Å²) in [5.41, 5.74) is 0. The van der Waals surface area contributed by atoms with Crippen LogP contribution >= 0.6 is 0 Å². The smallest absolute Gasteiger partial charge is 0.171 e. The van der Waals surface area contributed by atoms with Crippen molar-refractivity contribution in [1.29, 1.82) is 0 Å². The molecule has 1 aromatic heterocycles. The van der Waals surface area contributed by atoms with Crippen LogP contribution in [0, 0.1) is 0 Å². The molecule has 0 atom stereocenters. The van der Waals surface area contributed by atoms with Gasteiger partial charge in [-0.25, -0.2) is 4.98 Å². The number of piperidine rings is 1. The van der Waals surface area contributed by atoms with Gasteiger partial charge in [0.1, 0.15) is 0 Å². The Bertz CT molecular complexity index is 321. The monoisotopic (exact) mass is 207 g/mol. The zero-order chi connectivity index (χ0) is 10.7. The summed E-state index contributed by atoms with van der Waals surface area (Å²) >= 11 is 0. The van der Waals surface area contributed by atoms with E-state index in [0.29, 0.717) is 11.9 Å². The Kier molecular flexibility index (Phi) is 3.06. The van der Waals surface area contributed by atoms with Crippen molar-refractivity contribution in [3.8, 4) is 5.75 Å². The van der Waals surface area contributed by atoms with Gasteiger partial charge in [-0.3, -0.25) is 0 Å². The molecule has 1 fully saturated rings. The van der Waals surface area contributed by atoms with Gasteiger partial charge in [-0.2, -0.15) is 0 Å². The molecule has 0 aliphatic carbocycles. The van der Waals surface area contributed by atoms with Crippen molar-refractivity contribution in [1.82, 2.24) is 10.3 Å². The molecule has 82 valence electrons. The lowest BCUT2D eigenvalue weighted by molar-refractivity contribution is 0.429. The number of hydrogen-bond donors (Lipinski definition) is 2. The fourth-order valence-corrected chi connectivity index (χ4v) is 2.01. The molecule has 0 aromatic carbocycles. The third-order valence-electron chi connectivity index (χ3n) is 2.97. The Morgan fingerprint density at radius 3 is 2.80 bits per heavy atom. The summed E-state index contributed by atoms with van der Waals surface area (Å²) in [6.07, 6.45) is 3.93. The van der Waals surface area contributed by atoms with Gasteiger partial charge in [-0.1, -0.05) is 0 Å².